The van der Waals surface area contributed by atoms with E-state index >= 15 is 0 Å². The van der Waals surface area contributed by atoms with Gasteiger partial charge in [-0.2, -0.15) is 0 Å². The molecule has 5 nitrogen and oxygen atoms in total. The van der Waals surface area contributed by atoms with Gasteiger partial charge in [-0.15, -0.1) is 0 Å². The van der Waals surface area contributed by atoms with E-state index < -0.39 is 5.97 Å². The SMILES string of the molecule is CC(=O)CCC(=O)OCC(=O)N[C@@H]1CCCc2ccccc21. The Bertz CT molecular complexity index is 568. The van der Waals surface area contributed by atoms with Gasteiger partial charge in [-0.3, -0.25) is 9.59 Å². The molecule has 0 aromatic heterocycles. The number of Topliss-reactive ketones (excluding diaryl/α,β-unsaturated/α-hetero) is 1. The molecule has 0 aliphatic heterocycles. The maximum absolute atomic E-state index is 11.9. The third-order valence-electron chi connectivity index (χ3n) is 3.75. The van der Waals surface area contributed by atoms with Crippen LogP contribution in [0.3, 0.4) is 0 Å². The molecule has 1 aliphatic rings. The van der Waals surface area contributed by atoms with E-state index in [1.165, 1.54) is 12.5 Å². The molecule has 1 N–H and O–H groups in total. The number of ketones is 1. The number of esters is 1. The summed E-state index contributed by atoms with van der Waals surface area (Å²) in [6.45, 7) is 1.12. The molecule has 0 unspecified atom stereocenters. The number of hydrogen-bond donors (Lipinski definition) is 1. The Kier molecular flexibility index (Phi) is 5.69. The molecule has 5 heteroatoms. The van der Waals surface area contributed by atoms with Gasteiger partial charge in [-0.05, 0) is 37.3 Å². The first-order valence-corrected chi connectivity index (χ1v) is 7.58. The van der Waals surface area contributed by atoms with Gasteiger partial charge in [0.25, 0.3) is 5.91 Å². The van der Waals surface area contributed by atoms with E-state index in [4.69, 9.17) is 4.74 Å². The zero-order valence-electron chi connectivity index (χ0n) is 12.8. The molecular formula is C17H21NO4. The van der Waals surface area contributed by atoms with Crippen molar-refractivity contribution in [1.29, 1.82) is 0 Å². The van der Waals surface area contributed by atoms with Crippen LogP contribution in [-0.4, -0.2) is 24.3 Å². The quantitative estimate of drug-likeness (QED) is 0.817. The van der Waals surface area contributed by atoms with Crippen molar-refractivity contribution in [2.45, 2.75) is 45.1 Å². The van der Waals surface area contributed by atoms with Gasteiger partial charge in [0.05, 0.1) is 12.5 Å². The number of carbonyl (C=O) groups is 3. The molecule has 1 aliphatic carbocycles. The summed E-state index contributed by atoms with van der Waals surface area (Å²) < 4.78 is 4.88. The number of nitrogens with one attached hydrogen (secondary N) is 1. The first kappa shape index (κ1) is 16.2. The van der Waals surface area contributed by atoms with E-state index in [0.717, 1.165) is 24.8 Å². The minimum absolute atomic E-state index is 0.0200. The summed E-state index contributed by atoms with van der Waals surface area (Å²) in [6, 6.07) is 8.05. The molecule has 0 heterocycles. The van der Waals surface area contributed by atoms with E-state index in [0.29, 0.717) is 0 Å². The largest absolute Gasteiger partial charge is 0.456 e. The van der Waals surface area contributed by atoms with Gasteiger partial charge < -0.3 is 14.8 Å². The van der Waals surface area contributed by atoms with Crippen LogP contribution < -0.4 is 5.32 Å². The molecule has 0 fully saturated rings. The highest BCUT2D eigenvalue weighted by Crippen LogP contribution is 2.29. The van der Waals surface area contributed by atoms with E-state index in [9.17, 15) is 14.4 Å². The summed E-state index contributed by atoms with van der Waals surface area (Å²) in [5.41, 5.74) is 2.41. The number of hydrogen-bond acceptors (Lipinski definition) is 4. The Morgan fingerprint density at radius 3 is 2.77 bits per heavy atom. The van der Waals surface area contributed by atoms with E-state index in [1.807, 2.05) is 18.2 Å². The van der Waals surface area contributed by atoms with Gasteiger partial charge in [0.15, 0.2) is 6.61 Å². The molecule has 0 saturated heterocycles. The molecule has 118 valence electrons. The Hall–Kier alpha value is -2.17. The average molecular weight is 303 g/mol. The van der Waals surface area contributed by atoms with E-state index in [2.05, 4.69) is 11.4 Å². The lowest BCUT2D eigenvalue weighted by atomic mass is 9.88. The highest BCUT2D eigenvalue weighted by Gasteiger charge is 2.21. The molecular weight excluding hydrogens is 282 g/mol. The average Bonchev–Trinajstić information content (AvgIpc) is 2.51. The van der Waals surface area contributed by atoms with Crippen molar-refractivity contribution in [2.24, 2.45) is 0 Å². The summed E-state index contributed by atoms with van der Waals surface area (Å²) >= 11 is 0. The highest BCUT2D eigenvalue weighted by atomic mass is 16.5. The van der Waals surface area contributed by atoms with Crippen LogP contribution in [0.25, 0.3) is 0 Å². The molecule has 1 amide bonds. The number of amides is 1. The number of benzene rings is 1. The van der Waals surface area contributed by atoms with Gasteiger partial charge >= 0.3 is 5.97 Å². The Morgan fingerprint density at radius 1 is 1.23 bits per heavy atom. The maximum atomic E-state index is 11.9. The number of carbonyl (C=O) groups excluding carboxylic acids is 3. The second kappa shape index (κ2) is 7.73. The summed E-state index contributed by atoms with van der Waals surface area (Å²) in [7, 11) is 0. The summed E-state index contributed by atoms with van der Waals surface area (Å²) in [5.74, 6) is -0.896. The van der Waals surface area contributed by atoms with Gasteiger partial charge in [0, 0.05) is 6.42 Å². The normalized spacial score (nSPS) is 16.5. The van der Waals surface area contributed by atoms with Crippen LogP contribution >= 0.6 is 0 Å². The number of ether oxygens (including phenoxy) is 1. The first-order chi connectivity index (χ1) is 10.6. The zero-order chi connectivity index (χ0) is 15.9. The van der Waals surface area contributed by atoms with Crippen LogP contribution in [0, 0.1) is 0 Å². The summed E-state index contributed by atoms with van der Waals surface area (Å²) in [6.07, 6.45) is 3.12. The van der Waals surface area contributed by atoms with Crippen molar-refractivity contribution in [3.8, 4) is 0 Å². The molecule has 0 radical (unpaired) electrons. The lowest BCUT2D eigenvalue weighted by Crippen LogP contribution is -2.34. The lowest BCUT2D eigenvalue weighted by molar-refractivity contribution is -0.149. The van der Waals surface area contributed by atoms with Gasteiger partial charge in [-0.1, -0.05) is 24.3 Å². The summed E-state index contributed by atoms with van der Waals surface area (Å²) in [4.78, 5) is 34.1. The number of rotatable bonds is 6. The monoisotopic (exact) mass is 303 g/mol. The summed E-state index contributed by atoms with van der Waals surface area (Å²) in [5, 5.41) is 2.91. The van der Waals surface area contributed by atoms with Gasteiger partial charge in [0.1, 0.15) is 5.78 Å². The maximum Gasteiger partial charge on any atom is 0.306 e. The van der Waals surface area contributed by atoms with Crippen LogP contribution in [0.2, 0.25) is 0 Å². The van der Waals surface area contributed by atoms with Crippen LogP contribution in [-0.2, 0) is 25.5 Å². The second-order valence-corrected chi connectivity index (χ2v) is 5.57. The first-order valence-electron chi connectivity index (χ1n) is 7.58. The lowest BCUT2D eigenvalue weighted by Gasteiger charge is -2.26. The number of aryl methyl sites for hydroxylation is 1. The Morgan fingerprint density at radius 2 is 2.00 bits per heavy atom. The van der Waals surface area contributed by atoms with Crippen molar-refractivity contribution < 1.29 is 19.1 Å². The van der Waals surface area contributed by atoms with Crippen molar-refractivity contribution in [2.75, 3.05) is 6.61 Å². The minimum atomic E-state index is -0.519. The Balaban J connectivity index is 1.81. The fourth-order valence-corrected chi connectivity index (χ4v) is 2.64. The zero-order valence-corrected chi connectivity index (χ0v) is 12.8. The highest BCUT2D eigenvalue weighted by molar-refractivity contribution is 5.83. The van der Waals surface area contributed by atoms with Crippen LogP contribution in [0.15, 0.2) is 24.3 Å². The Labute approximate surface area is 130 Å². The minimum Gasteiger partial charge on any atom is -0.456 e. The third kappa shape index (κ3) is 4.69. The van der Waals surface area contributed by atoms with Crippen LogP contribution in [0.1, 0.15) is 49.8 Å². The van der Waals surface area contributed by atoms with Crippen LogP contribution in [0.5, 0.6) is 0 Å². The van der Waals surface area contributed by atoms with Gasteiger partial charge in [0.2, 0.25) is 0 Å². The molecule has 22 heavy (non-hydrogen) atoms. The predicted molar refractivity (Wildman–Crippen MR) is 81.1 cm³/mol. The van der Waals surface area contributed by atoms with Crippen molar-refractivity contribution in [3.63, 3.8) is 0 Å². The predicted octanol–water partition coefficient (Wildman–Crippen LogP) is 2.09. The van der Waals surface area contributed by atoms with Crippen molar-refractivity contribution in [1.82, 2.24) is 5.32 Å². The fourth-order valence-electron chi connectivity index (χ4n) is 2.64. The molecule has 0 bridgehead atoms. The molecule has 1 atom stereocenters. The molecule has 2 rings (SSSR count). The number of fused-ring (bicyclic) bond motifs is 1. The van der Waals surface area contributed by atoms with E-state index in [1.54, 1.807) is 0 Å². The standard InChI is InChI=1S/C17H21NO4/c1-12(19)9-10-17(21)22-11-16(20)18-15-8-4-6-13-5-2-3-7-14(13)15/h2-3,5,7,15H,4,6,8-11H2,1H3,(H,18,20)/t15-/m1/s1. The van der Waals surface area contributed by atoms with E-state index in [-0.39, 0.29) is 37.2 Å². The third-order valence-corrected chi connectivity index (χ3v) is 3.75. The smallest absolute Gasteiger partial charge is 0.306 e. The van der Waals surface area contributed by atoms with Gasteiger partial charge in [-0.25, -0.2) is 0 Å². The molecule has 0 saturated carbocycles. The van der Waals surface area contributed by atoms with Crippen molar-refractivity contribution in [3.05, 3.63) is 35.4 Å². The topological polar surface area (TPSA) is 72.5 Å². The second-order valence-electron chi connectivity index (χ2n) is 5.57. The molecule has 0 spiro atoms. The van der Waals surface area contributed by atoms with Crippen molar-refractivity contribution >= 4 is 17.7 Å². The van der Waals surface area contributed by atoms with Crippen LogP contribution in [0.4, 0.5) is 0 Å². The molecule has 1 aromatic carbocycles. The fraction of sp³-hybridized carbons (Fsp3) is 0.471. The molecule has 1 aromatic rings.